The molecule has 0 aromatic rings. The van der Waals surface area contributed by atoms with Crippen molar-refractivity contribution in [3.8, 4) is 0 Å². The molecule has 19 heavy (non-hydrogen) atoms. The Balaban J connectivity index is 1.50. The van der Waals surface area contributed by atoms with Gasteiger partial charge in [-0.15, -0.1) is 0 Å². The quantitative estimate of drug-likeness (QED) is 0.770. The minimum absolute atomic E-state index is 0.0867. The number of carbonyl (C=O) groups excluding carboxylic acids is 1. The lowest BCUT2D eigenvalue weighted by atomic mass is 10.1. The van der Waals surface area contributed by atoms with Gasteiger partial charge in [0.05, 0.1) is 18.6 Å². The molecule has 1 aliphatic carbocycles. The fraction of sp³-hybridized carbons (Fsp3) is 0.929. The molecule has 0 aromatic heterocycles. The molecule has 3 atom stereocenters. The van der Waals surface area contributed by atoms with Gasteiger partial charge in [0.25, 0.3) is 0 Å². The van der Waals surface area contributed by atoms with E-state index >= 15 is 0 Å². The lowest BCUT2D eigenvalue weighted by molar-refractivity contribution is -0.137. The second-order valence-electron chi connectivity index (χ2n) is 5.99. The van der Waals surface area contributed by atoms with E-state index in [9.17, 15) is 9.90 Å². The van der Waals surface area contributed by atoms with Crippen LogP contribution in [0.25, 0.3) is 0 Å². The molecule has 5 nitrogen and oxygen atoms in total. The van der Waals surface area contributed by atoms with E-state index in [1.807, 2.05) is 4.90 Å². The molecule has 1 amide bonds. The molecule has 3 rings (SSSR count). The van der Waals surface area contributed by atoms with Crippen LogP contribution < -0.4 is 0 Å². The van der Waals surface area contributed by atoms with E-state index in [2.05, 4.69) is 4.90 Å². The Morgan fingerprint density at radius 1 is 1.11 bits per heavy atom. The summed E-state index contributed by atoms with van der Waals surface area (Å²) in [6.07, 6.45) is 3.88. The first-order valence-electron chi connectivity index (χ1n) is 7.54. The van der Waals surface area contributed by atoms with Crippen LogP contribution in [0.2, 0.25) is 0 Å². The highest BCUT2D eigenvalue weighted by Gasteiger charge is 2.35. The van der Waals surface area contributed by atoms with Crippen LogP contribution in [0.4, 0.5) is 0 Å². The van der Waals surface area contributed by atoms with Crippen molar-refractivity contribution in [1.29, 1.82) is 0 Å². The van der Waals surface area contributed by atoms with Crippen LogP contribution in [-0.4, -0.2) is 72.4 Å². The van der Waals surface area contributed by atoms with Gasteiger partial charge in [-0.05, 0) is 25.7 Å². The fourth-order valence-electron chi connectivity index (χ4n) is 3.61. The fourth-order valence-corrected chi connectivity index (χ4v) is 3.61. The molecule has 2 aliphatic heterocycles. The van der Waals surface area contributed by atoms with Gasteiger partial charge in [0, 0.05) is 38.8 Å². The maximum atomic E-state index is 12.3. The van der Waals surface area contributed by atoms with E-state index in [0.29, 0.717) is 12.6 Å². The number of hydrogen-bond acceptors (Lipinski definition) is 4. The van der Waals surface area contributed by atoms with Gasteiger partial charge >= 0.3 is 0 Å². The summed E-state index contributed by atoms with van der Waals surface area (Å²) in [5, 5.41) is 9.95. The number of rotatable bonds is 2. The average molecular weight is 268 g/mol. The standard InChI is InChI=1S/C14H24N2O3/c17-13-3-1-2-12(13)15-5-7-16(8-6-15)14(18)11-4-9-19-10-11/h11-13,17H,1-10H2/t11-,12+,13+/m1/s1. The lowest BCUT2D eigenvalue weighted by Gasteiger charge is -2.39. The molecule has 3 aliphatic rings. The highest BCUT2D eigenvalue weighted by molar-refractivity contribution is 5.79. The number of nitrogens with zero attached hydrogens (tertiary/aromatic N) is 2. The molecule has 1 saturated carbocycles. The number of hydrogen-bond donors (Lipinski definition) is 1. The Hall–Kier alpha value is -0.650. The maximum absolute atomic E-state index is 12.3. The Kier molecular flexibility index (Phi) is 4.05. The number of aliphatic hydroxyl groups is 1. The molecule has 2 saturated heterocycles. The van der Waals surface area contributed by atoms with E-state index in [4.69, 9.17) is 4.74 Å². The van der Waals surface area contributed by atoms with Crippen molar-refractivity contribution < 1.29 is 14.6 Å². The SMILES string of the molecule is O=C([C@@H]1CCOC1)N1CCN([C@H]2CCC[C@@H]2O)CC1. The number of aliphatic hydroxyl groups excluding tert-OH is 1. The summed E-state index contributed by atoms with van der Waals surface area (Å²) in [5.74, 6) is 0.354. The summed E-state index contributed by atoms with van der Waals surface area (Å²) >= 11 is 0. The average Bonchev–Trinajstić information content (AvgIpc) is 3.09. The van der Waals surface area contributed by atoms with Crippen molar-refractivity contribution in [2.45, 2.75) is 37.8 Å². The van der Waals surface area contributed by atoms with Crippen LogP contribution in [0.5, 0.6) is 0 Å². The van der Waals surface area contributed by atoms with Crippen LogP contribution in [0, 0.1) is 5.92 Å². The van der Waals surface area contributed by atoms with E-state index < -0.39 is 0 Å². The summed E-state index contributed by atoms with van der Waals surface area (Å²) < 4.78 is 5.29. The molecule has 108 valence electrons. The third kappa shape index (κ3) is 2.78. The van der Waals surface area contributed by atoms with Gasteiger partial charge in [-0.2, -0.15) is 0 Å². The Morgan fingerprint density at radius 3 is 2.47 bits per heavy atom. The summed E-state index contributed by atoms with van der Waals surface area (Å²) in [4.78, 5) is 16.6. The molecular weight excluding hydrogens is 244 g/mol. The largest absolute Gasteiger partial charge is 0.391 e. The van der Waals surface area contributed by atoms with Crippen LogP contribution in [0.1, 0.15) is 25.7 Å². The molecule has 3 fully saturated rings. The van der Waals surface area contributed by atoms with E-state index in [0.717, 1.165) is 58.5 Å². The van der Waals surface area contributed by atoms with E-state index in [1.54, 1.807) is 0 Å². The predicted molar refractivity (Wildman–Crippen MR) is 70.7 cm³/mol. The van der Waals surface area contributed by atoms with Crippen molar-refractivity contribution in [1.82, 2.24) is 9.80 Å². The molecule has 0 aromatic carbocycles. The third-order valence-electron chi connectivity index (χ3n) is 4.82. The molecule has 5 heteroatoms. The van der Waals surface area contributed by atoms with Crippen molar-refractivity contribution in [3.63, 3.8) is 0 Å². The molecular formula is C14H24N2O3. The molecule has 0 unspecified atom stereocenters. The Morgan fingerprint density at radius 2 is 1.89 bits per heavy atom. The number of carbonyl (C=O) groups is 1. The third-order valence-corrected chi connectivity index (χ3v) is 4.82. The summed E-state index contributed by atoms with van der Waals surface area (Å²) in [5.41, 5.74) is 0. The summed E-state index contributed by atoms with van der Waals surface area (Å²) in [6, 6.07) is 0.326. The van der Waals surface area contributed by atoms with Crippen molar-refractivity contribution >= 4 is 5.91 Å². The molecule has 0 radical (unpaired) electrons. The topological polar surface area (TPSA) is 53.0 Å². The minimum atomic E-state index is -0.162. The van der Waals surface area contributed by atoms with Crippen molar-refractivity contribution in [2.24, 2.45) is 5.92 Å². The summed E-state index contributed by atoms with van der Waals surface area (Å²) in [6.45, 7) is 4.74. The first-order chi connectivity index (χ1) is 9.25. The summed E-state index contributed by atoms with van der Waals surface area (Å²) in [7, 11) is 0. The van der Waals surface area contributed by atoms with Crippen LogP contribution in [0.3, 0.4) is 0 Å². The Labute approximate surface area is 114 Å². The van der Waals surface area contributed by atoms with Crippen LogP contribution in [-0.2, 0) is 9.53 Å². The smallest absolute Gasteiger partial charge is 0.228 e. The van der Waals surface area contributed by atoms with Gasteiger partial charge in [0.15, 0.2) is 0 Å². The zero-order valence-electron chi connectivity index (χ0n) is 11.5. The first-order valence-corrected chi connectivity index (χ1v) is 7.54. The normalized spacial score (nSPS) is 36.9. The van der Waals surface area contributed by atoms with Gasteiger partial charge in [-0.3, -0.25) is 9.69 Å². The maximum Gasteiger partial charge on any atom is 0.228 e. The monoisotopic (exact) mass is 268 g/mol. The second kappa shape index (κ2) is 5.77. The highest BCUT2D eigenvalue weighted by atomic mass is 16.5. The van der Waals surface area contributed by atoms with Crippen LogP contribution in [0.15, 0.2) is 0 Å². The molecule has 1 N–H and O–H groups in total. The number of amides is 1. The Bertz CT molecular complexity index is 323. The first kappa shape index (κ1) is 13.3. The van der Waals surface area contributed by atoms with E-state index in [-0.39, 0.29) is 17.9 Å². The second-order valence-corrected chi connectivity index (χ2v) is 5.99. The van der Waals surface area contributed by atoms with Crippen molar-refractivity contribution in [2.75, 3.05) is 39.4 Å². The number of piperazine rings is 1. The zero-order chi connectivity index (χ0) is 13.2. The molecule has 0 bridgehead atoms. The van der Waals surface area contributed by atoms with Gasteiger partial charge in [0.1, 0.15) is 0 Å². The van der Waals surface area contributed by atoms with Crippen molar-refractivity contribution in [3.05, 3.63) is 0 Å². The van der Waals surface area contributed by atoms with Gasteiger partial charge < -0.3 is 14.7 Å². The lowest BCUT2D eigenvalue weighted by Crippen LogP contribution is -2.54. The van der Waals surface area contributed by atoms with Crippen LogP contribution >= 0.6 is 0 Å². The molecule has 0 spiro atoms. The minimum Gasteiger partial charge on any atom is -0.391 e. The van der Waals surface area contributed by atoms with Gasteiger partial charge in [-0.25, -0.2) is 0 Å². The van der Waals surface area contributed by atoms with E-state index in [1.165, 1.54) is 0 Å². The zero-order valence-corrected chi connectivity index (χ0v) is 11.5. The number of ether oxygens (including phenoxy) is 1. The highest BCUT2D eigenvalue weighted by Crippen LogP contribution is 2.25. The van der Waals surface area contributed by atoms with Gasteiger partial charge in [-0.1, -0.05) is 0 Å². The predicted octanol–water partition coefficient (Wildman–Crippen LogP) is 0.0805. The molecule has 2 heterocycles. The van der Waals surface area contributed by atoms with Gasteiger partial charge in [0.2, 0.25) is 5.91 Å².